The summed E-state index contributed by atoms with van der Waals surface area (Å²) < 4.78 is 0. The fraction of sp³-hybridized carbons (Fsp3) is 0.818. The van der Waals surface area contributed by atoms with Crippen molar-refractivity contribution >= 4 is 11.6 Å². The third-order valence-electron chi connectivity index (χ3n) is 9.05. The number of fused-ring (bicyclic) bond motifs is 5. The van der Waals surface area contributed by atoms with Crippen molar-refractivity contribution < 1.29 is 24.9 Å². The summed E-state index contributed by atoms with van der Waals surface area (Å²) in [6.45, 7) is 5.36. The van der Waals surface area contributed by atoms with Crippen LogP contribution >= 0.6 is 0 Å². The summed E-state index contributed by atoms with van der Waals surface area (Å²) in [4.78, 5) is 24.5. The van der Waals surface area contributed by atoms with E-state index in [1.165, 1.54) is 5.57 Å². The molecule has 27 heavy (non-hydrogen) atoms. The molecule has 0 aromatic rings. The maximum atomic E-state index is 12.6. The Labute approximate surface area is 160 Å². The van der Waals surface area contributed by atoms with Crippen LogP contribution in [0.1, 0.15) is 59.3 Å². The van der Waals surface area contributed by atoms with Crippen molar-refractivity contribution in [3.8, 4) is 0 Å². The lowest BCUT2D eigenvalue weighted by Gasteiger charge is -2.60. The first kappa shape index (κ1) is 19.3. The predicted octanol–water partition coefficient (Wildman–Crippen LogP) is 2.03. The average molecular weight is 376 g/mol. The molecule has 0 aromatic carbocycles. The Morgan fingerprint density at radius 3 is 2.67 bits per heavy atom. The van der Waals surface area contributed by atoms with Crippen LogP contribution in [-0.4, -0.2) is 45.2 Å². The smallest absolute Gasteiger partial charge is 0.190 e. The lowest BCUT2D eigenvalue weighted by molar-refractivity contribution is -0.187. The van der Waals surface area contributed by atoms with E-state index in [4.69, 9.17) is 0 Å². The highest BCUT2D eigenvalue weighted by atomic mass is 16.3. The quantitative estimate of drug-likeness (QED) is 0.685. The molecule has 150 valence electrons. The number of hydrogen-bond donors (Lipinski definition) is 3. The zero-order valence-corrected chi connectivity index (χ0v) is 16.6. The van der Waals surface area contributed by atoms with Gasteiger partial charge in [0.1, 0.15) is 12.2 Å². The first-order valence-electron chi connectivity index (χ1n) is 10.4. The molecule has 3 saturated carbocycles. The SMILES string of the molecule is C[C@@H]1C[C@@H]2[C@@H]3CCC4=CC(=O)CC[C@]4(C)[C@@H]3[C@@H](O)C[C@@]2(C)[C@@]1(O)C(=O)CO. The summed E-state index contributed by atoms with van der Waals surface area (Å²) in [6, 6.07) is 0. The number of aliphatic hydroxyl groups is 3. The van der Waals surface area contributed by atoms with Crippen molar-refractivity contribution in [3.63, 3.8) is 0 Å². The van der Waals surface area contributed by atoms with Crippen molar-refractivity contribution in [1.29, 1.82) is 0 Å². The molecule has 0 unspecified atom stereocenters. The number of allylic oxidation sites excluding steroid dienone is 1. The summed E-state index contributed by atoms with van der Waals surface area (Å²) in [5.74, 6) is -0.155. The van der Waals surface area contributed by atoms with Gasteiger partial charge in [0.05, 0.1) is 6.10 Å². The van der Waals surface area contributed by atoms with Crippen molar-refractivity contribution in [3.05, 3.63) is 11.6 Å². The number of ketones is 2. The van der Waals surface area contributed by atoms with E-state index in [9.17, 15) is 24.9 Å². The van der Waals surface area contributed by atoms with Crippen LogP contribution in [-0.2, 0) is 9.59 Å². The summed E-state index contributed by atoms with van der Waals surface area (Å²) >= 11 is 0. The van der Waals surface area contributed by atoms with Crippen molar-refractivity contribution in [1.82, 2.24) is 0 Å². The van der Waals surface area contributed by atoms with E-state index in [1.54, 1.807) is 0 Å². The zero-order chi connectivity index (χ0) is 19.8. The number of aliphatic hydroxyl groups excluding tert-OH is 2. The molecule has 5 nitrogen and oxygen atoms in total. The van der Waals surface area contributed by atoms with Gasteiger partial charge in [-0.1, -0.05) is 26.3 Å². The van der Waals surface area contributed by atoms with Crippen molar-refractivity contribution in [2.45, 2.75) is 71.0 Å². The minimum absolute atomic E-state index is 0.0578. The van der Waals surface area contributed by atoms with E-state index in [0.717, 1.165) is 25.7 Å². The number of carbonyl (C=O) groups is 2. The minimum atomic E-state index is -1.59. The Morgan fingerprint density at radius 2 is 2.00 bits per heavy atom. The van der Waals surface area contributed by atoms with Gasteiger partial charge in [-0.25, -0.2) is 0 Å². The first-order chi connectivity index (χ1) is 12.6. The molecule has 4 rings (SSSR count). The molecule has 3 fully saturated rings. The predicted molar refractivity (Wildman–Crippen MR) is 99.7 cm³/mol. The normalized spacial score (nSPS) is 51.9. The molecule has 0 amide bonds. The van der Waals surface area contributed by atoms with Crippen molar-refractivity contribution in [2.24, 2.45) is 34.5 Å². The molecule has 0 bridgehead atoms. The van der Waals surface area contributed by atoms with E-state index in [-0.39, 0.29) is 34.9 Å². The molecular weight excluding hydrogens is 344 g/mol. The number of hydrogen-bond acceptors (Lipinski definition) is 5. The van der Waals surface area contributed by atoms with Gasteiger partial charge in [-0.3, -0.25) is 9.59 Å². The topological polar surface area (TPSA) is 94.8 Å². The summed E-state index contributed by atoms with van der Waals surface area (Å²) in [7, 11) is 0. The molecular formula is C22H32O5. The maximum Gasteiger partial charge on any atom is 0.190 e. The molecule has 0 spiro atoms. The maximum absolute atomic E-state index is 12.6. The second kappa shape index (κ2) is 5.98. The van der Waals surface area contributed by atoms with Gasteiger partial charge >= 0.3 is 0 Å². The number of carbonyl (C=O) groups excluding carboxylic acids is 2. The van der Waals surface area contributed by atoms with Gasteiger partial charge in [-0.15, -0.1) is 0 Å². The molecule has 4 aliphatic carbocycles. The first-order valence-corrected chi connectivity index (χ1v) is 10.4. The van der Waals surface area contributed by atoms with Gasteiger partial charge < -0.3 is 15.3 Å². The van der Waals surface area contributed by atoms with Crippen LogP contribution < -0.4 is 0 Å². The van der Waals surface area contributed by atoms with Gasteiger partial charge in [0.15, 0.2) is 11.6 Å². The fourth-order valence-corrected chi connectivity index (χ4v) is 7.74. The van der Waals surface area contributed by atoms with Crippen LogP contribution in [0, 0.1) is 34.5 Å². The third-order valence-corrected chi connectivity index (χ3v) is 9.05. The molecule has 5 heteroatoms. The molecule has 8 atom stereocenters. The van der Waals surface area contributed by atoms with Gasteiger partial charge in [0.2, 0.25) is 0 Å². The van der Waals surface area contributed by atoms with Crippen LogP contribution in [0.15, 0.2) is 11.6 Å². The molecule has 0 heterocycles. The zero-order valence-electron chi connectivity index (χ0n) is 16.6. The summed E-state index contributed by atoms with van der Waals surface area (Å²) in [5.41, 5.74) is -1.31. The molecule has 0 saturated heterocycles. The van der Waals surface area contributed by atoms with Crippen LogP contribution in [0.2, 0.25) is 0 Å². The second-order valence-corrected chi connectivity index (χ2v) is 10.1. The van der Waals surface area contributed by atoms with E-state index < -0.39 is 29.5 Å². The Bertz CT molecular complexity index is 713. The van der Waals surface area contributed by atoms with Crippen LogP contribution in [0.5, 0.6) is 0 Å². The monoisotopic (exact) mass is 376 g/mol. The highest BCUT2D eigenvalue weighted by molar-refractivity contribution is 5.92. The van der Waals surface area contributed by atoms with Gasteiger partial charge in [0, 0.05) is 11.8 Å². The van der Waals surface area contributed by atoms with Crippen LogP contribution in [0.25, 0.3) is 0 Å². The molecule has 4 aliphatic rings. The van der Waals surface area contributed by atoms with Crippen molar-refractivity contribution in [2.75, 3.05) is 6.61 Å². The Kier molecular flexibility index (Phi) is 4.27. The lowest BCUT2D eigenvalue weighted by atomic mass is 9.45. The fourth-order valence-electron chi connectivity index (χ4n) is 7.74. The van der Waals surface area contributed by atoms with Gasteiger partial charge in [-0.05, 0) is 67.3 Å². The average Bonchev–Trinajstić information content (AvgIpc) is 2.82. The molecule has 0 aliphatic heterocycles. The van der Waals surface area contributed by atoms with E-state index in [0.29, 0.717) is 12.8 Å². The second-order valence-electron chi connectivity index (χ2n) is 10.1. The number of Topliss-reactive ketones (excluding diaryl/α,β-unsaturated/α-hetero) is 1. The highest BCUT2D eigenvalue weighted by Gasteiger charge is 2.70. The Morgan fingerprint density at radius 1 is 1.30 bits per heavy atom. The largest absolute Gasteiger partial charge is 0.393 e. The van der Waals surface area contributed by atoms with Crippen LogP contribution in [0.4, 0.5) is 0 Å². The molecule has 0 aromatic heterocycles. The Hall–Kier alpha value is -1.04. The molecule has 0 radical (unpaired) electrons. The number of rotatable bonds is 2. The van der Waals surface area contributed by atoms with E-state index >= 15 is 0 Å². The standard InChI is InChI=1S/C22H32O5/c1-12-8-16-15-5-4-13-9-14(24)6-7-20(13,2)19(15)17(25)10-21(16,3)22(12,27)18(26)11-23/h9,12,15-17,19,23,25,27H,4-8,10-11H2,1-3H3/t12-,15+,16-,17+,19+,20+,21-,22+/m1/s1. The van der Waals surface area contributed by atoms with Crippen LogP contribution in [0.3, 0.4) is 0 Å². The highest BCUT2D eigenvalue weighted by Crippen LogP contribution is 2.68. The van der Waals surface area contributed by atoms with E-state index in [1.807, 2.05) is 19.9 Å². The summed E-state index contributed by atoms with van der Waals surface area (Å²) in [6.07, 6.45) is 5.32. The summed E-state index contributed by atoms with van der Waals surface area (Å²) in [5, 5.41) is 32.2. The molecule has 3 N–H and O–H groups in total. The Balaban J connectivity index is 1.77. The van der Waals surface area contributed by atoms with Gasteiger partial charge in [0.25, 0.3) is 0 Å². The van der Waals surface area contributed by atoms with E-state index in [2.05, 4.69) is 6.92 Å². The minimum Gasteiger partial charge on any atom is -0.393 e. The van der Waals surface area contributed by atoms with Gasteiger partial charge in [-0.2, -0.15) is 0 Å². The third kappa shape index (κ3) is 2.28. The lowest BCUT2D eigenvalue weighted by Crippen LogP contribution is -2.63.